The number of aromatic nitrogens is 2. The van der Waals surface area contributed by atoms with Crippen LogP contribution in [0.15, 0.2) is 48.7 Å². The van der Waals surface area contributed by atoms with Crippen LogP contribution < -0.4 is 5.73 Å². The first-order chi connectivity index (χ1) is 10.1. The number of para-hydroxylation sites is 1. The number of fused-ring (bicyclic) bond motifs is 1. The van der Waals surface area contributed by atoms with E-state index in [0.717, 1.165) is 10.9 Å². The summed E-state index contributed by atoms with van der Waals surface area (Å²) >= 11 is 0. The summed E-state index contributed by atoms with van der Waals surface area (Å²) < 4.78 is 1.76. The van der Waals surface area contributed by atoms with Crippen LogP contribution in [-0.2, 0) is 0 Å². The number of anilines is 1. The van der Waals surface area contributed by atoms with Crippen molar-refractivity contribution in [1.82, 2.24) is 14.7 Å². The normalized spacial score (nSPS) is 10.8. The van der Waals surface area contributed by atoms with Crippen molar-refractivity contribution in [3.8, 4) is 5.69 Å². The SMILES string of the molecule is CN(C)C(=O)c1ccc(N)c(-n2ncc3ccccc32)c1. The highest BCUT2D eigenvalue weighted by molar-refractivity contribution is 5.95. The molecule has 0 bridgehead atoms. The van der Waals surface area contributed by atoms with Gasteiger partial charge in [0.05, 0.1) is 23.1 Å². The lowest BCUT2D eigenvalue weighted by Crippen LogP contribution is -2.22. The van der Waals surface area contributed by atoms with E-state index in [9.17, 15) is 4.79 Å². The van der Waals surface area contributed by atoms with Gasteiger partial charge in [-0.1, -0.05) is 18.2 Å². The van der Waals surface area contributed by atoms with Crippen molar-refractivity contribution < 1.29 is 4.79 Å². The van der Waals surface area contributed by atoms with Crippen molar-refractivity contribution in [2.75, 3.05) is 19.8 Å². The van der Waals surface area contributed by atoms with Crippen LogP contribution in [0.4, 0.5) is 5.69 Å². The van der Waals surface area contributed by atoms with Crippen molar-refractivity contribution in [1.29, 1.82) is 0 Å². The van der Waals surface area contributed by atoms with Gasteiger partial charge in [0, 0.05) is 25.0 Å². The maximum absolute atomic E-state index is 12.1. The smallest absolute Gasteiger partial charge is 0.253 e. The van der Waals surface area contributed by atoms with Gasteiger partial charge in [-0.3, -0.25) is 4.79 Å². The quantitative estimate of drug-likeness (QED) is 0.733. The van der Waals surface area contributed by atoms with Crippen LogP contribution >= 0.6 is 0 Å². The Hall–Kier alpha value is -2.82. The molecule has 0 aliphatic heterocycles. The second kappa shape index (κ2) is 4.94. The van der Waals surface area contributed by atoms with Crippen LogP contribution in [-0.4, -0.2) is 34.7 Å². The van der Waals surface area contributed by atoms with Crippen LogP contribution in [0.25, 0.3) is 16.6 Å². The molecule has 2 N–H and O–H groups in total. The molecule has 0 aliphatic carbocycles. The molecule has 0 aliphatic rings. The summed E-state index contributed by atoms with van der Waals surface area (Å²) in [5.74, 6) is -0.0623. The fraction of sp³-hybridized carbons (Fsp3) is 0.125. The summed E-state index contributed by atoms with van der Waals surface area (Å²) in [5.41, 5.74) is 8.90. The van der Waals surface area contributed by atoms with Crippen molar-refractivity contribution in [2.45, 2.75) is 0 Å². The lowest BCUT2D eigenvalue weighted by Gasteiger charge is -2.13. The topological polar surface area (TPSA) is 64.2 Å². The minimum Gasteiger partial charge on any atom is -0.397 e. The summed E-state index contributed by atoms with van der Waals surface area (Å²) in [4.78, 5) is 13.6. The summed E-state index contributed by atoms with van der Waals surface area (Å²) in [5, 5.41) is 5.41. The molecule has 5 heteroatoms. The minimum absolute atomic E-state index is 0.0623. The van der Waals surface area contributed by atoms with E-state index in [2.05, 4.69) is 5.10 Å². The third-order valence-corrected chi connectivity index (χ3v) is 3.39. The van der Waals surface area contributed by atoms with Crippen molar-refractivity contribution in [3.63, 3.8) is 0 Å². The Morgan fingerprint density at radius 3 is 2.71 bits per heavy atom. The lowest BCUT2D eigenvalue weighted by molar-refractivity contribution is 0.0827. The van der Waals surface area contributed by atoms with Gasteiger partial charge in [0.1, 0.15) is 0 Å². The second-order valence-corrected chi connectivity index (χ2v) is 5.09. The van der Waals surface area contributed by atoms with Gasteiger partial charge in [-0.15, -0.1) is 0 Å². The van der Waals surface area contributed by atoms with E-state index in [1.165, 1.54) is 4.90 Å². The van der Waals surface area contributed by atoms with Gasteiger partial charge < -0.3 is 10.6 Å². The summed E-state index contributed by atoms with van der Waals surface area (Å²) in [6.07, 6.45) is 1.79. The van der Waals surface area contributed by atoms with E-state index in [1.807, 2.05) is 24.3 Å². The number of hydrogen-bond acceptors (Lipinski definition) is 3. The molecular formula is C16H16N4O. The lowest BCUT2D eigenvalue weighted by atomic mass is 10.1. The first kappa shape index (κ1) is 13.2. The van der Waals surface area contributed by atoms with E-state index in [1.54, 1.807) is 43.2 Å². The molecule has 21 heavy (non-hydrogen) atoms. The Labute approximate surface area is 122 Å². The van der Waals surface area contributed by atoms with E-state index >= 15 is 0 Å². The monoisotopic (exact) mass is 280 g/mol. The average molecular weight is 280 g/mol. The van der Waals surface area contributed by atoms with E-state index in [4.69, 9.17) is 5.73 Å². The number of hydrogen-bond donors (Lipinski definition) is 1. The molecule has 5 nitrogen and oxygen atoms in total. The number of nitrogen functional groups attached to an aromatic ring is 1. The summed E-state index contributed by atoms with van der Waals surface area (Å²) in [6, 6.07) is 13.1. The van der Waals surface area contributed by atoms with Crippen LogP contribution in [0.5, 0.6) is 0 Å². The Morgan fingerprint density at radius 1 is 1.19 bits per heavy atom. The highest BCUT2D eigenvalue weighted by Crippen LogP contribution is 2.24. The molecule has 3 rings (SSSR count). The number of carbonyl (C=O) groups is 1. The van der Waals surface area contributed by atoms with E-state index in [0.29, 0.717) is 16.9 Å². The highest BCUT2D eigenvalue weighted by Gasteiger charge is 2.13. The molecule has 1 heterocycles. The Balaban J connectivity index is 2.18. The van der Waals surface area contributed by atoms with Gasteiger partial charge in [-0.05, 0) is 24.3 Å². The zero-order valence-corrected chi connectivity index (χ0v) is 11.9. The molecule has 0 atom stereocenters. The van der Waals surface area contributed by atoms with E-state index in [-0.39, 0.29) is 5.91 Å². The largest absolute Gasteiger partial charge is 0.397 e. The van der Waals surface area contributed by atoms with Gasteiger partial charge in [0.2, 0.25) is 0 Å². The molecule has 0 radical (unpaired) electrons. The van der Waals surface area contributed by atoms with Crippen molar-refractivity contribution in [3.05, 3.63) is 54.2 Å². The maximum Gasteiger partial charge on any atom is 0.253 e. The van der Waals surface area contributed by atoms with Gasteiger partial charge in [-0.2, -0.15) is 5.10 Å². The number of benzene rings is 2. The second-order valence-electron chi connectivity index (χ2n) is 5.09. The molecule has 1 amide bonds. The molecule has 0 spiro atoms. The predicted molar refractivity (Wildman–Crippen MR) is 83.5 cm³/mol. The Bertz CT molecular complexity index is 820. The van der Waals surface area contributed by atoms with Crippen LogP contribution in [0.1, 0.15) is 10.4 Å². The van der Waals surface area contributed by atoms with Gasteiger partial charge >= 0.3 is 0 Å². The average Bonchev–Trinajstić information content (AvgIpc) is 2.91. The zero-order chi connectivity index (χ0) is 15.0. The molecule has 0 saturated carbocycles. The van der Waals surface area contributed by atoms with Crippen LogP contribution in [0.2, 0.25) is 0 Å². The number of nitrogens with zero attached hydrogens (tertiary/aromatic N) is 3. The first-order valence-electron chi connectivity index (χ1n) is 6.62. The minimum atomic E-state index is -0.0623. The van der Waals surface area contributed by atoms with Gasteiger partial charge in [-0.25, -0.2) is 4.68 Å². The molecular weight excluding hydrogens is 264 g/mol. The number of nitrogens with two attached hydrogens (primary N) is 1. The van der Waals surface area contributed by atoms with Crippen LogP contribution in [0.3, 0.4) is 0 Å². The number of carbonyl (C=O) groups excluding carboxylic acids is 1. The van der Waals surface area contributed by atoms with Crippen LogP contribution in [0, 0.1) is 0 Å². The molecule has 0 saturated heterocycles. The maximum atomic E-state index is 12.1. The standard InChI is InChI=1S/C16H16N4O/c1-19(2)16(21)11-7-8-13(17)15(9-11)20-14-6-4-3-5-12(14)10-18-20/h3-10H,17H2,1-2H3. The third-order valence-electron chi connectivity index (χ3n) is 3.39. The molecule has 2 aromatic carbocycles. The fourth-order valence-electron chi connectivity index (χ4n) is 2.28. The van der Waals surface area contributed by atoms with Gasteiger partial charge in [0.25, 0.3) is 5.91 Å². The Kier molecular flexibility index (Phi) is 3.10. The predicted octanol–water partition coefficient (Wildman–Crippen LogP) is 2.31. The van der Waals surface area contributed by atoms with Crippen molar-refractivity contribution >= 4 is 22.5 Å². The third kappa shape index (κ3) is 2.23. The Morgan fingerprint density at radius 2 is 1.95 bits per heavy atom. The molecule has 1 aromatic heterocycles. The number of amides is 1. The van der Waals surface area contributed by atoms with Crippen molar-refractivity contribution in [2.24, 2.45) is 0 Å². The molecule has 106 valence electrons. The number of rotatable bonds is 2. The fourth-order valence-corrected chi connectivity index (χ4v) is 2.28. The molecule has 3 aromatic rings. The molecule has 0 fully saturated rings. The van der Waals surface area contributed by atoms with Gasteiger partial charge in [0.15, 0.2) is 0 Å². The first-order valence-corrected chi connectivity index (χ1v) is 6.62. The summed E-state index contributed by atoms with van der Waals surface area (Å²) in [6.45, 7) is 0. The van der Waals surface area contributed by atoms with E-state index < -0.39 is 0 Å². The summed E-state index contributed by atoms with van der Waals surface area (Å²) in [7, 11) is 3.45. The zero-order valence-electron chi connectivity index (χ0n) is 11.9. The molecule has 0 unspecified atom stereocenters. The highest BCUT2D eigenvalue weighted by atomic mass is 16.2.